The Morgan fingerprint density at radius 3 is 2.80 bits per heavy atom. The second kappa shape index (κ2) is 9.54. The van der Waals surface area contributed by atoms with Gasteiger partial charge in [-0.3, -0.25) is 9.78 Å². The Morgan fingerprint density at radius 1 is 1.20 bits per heavy atom. The maximum Gasteiger partial charge on any atom is 0.232 e. The zero-order chi connectivity index (χ0) is 20.9. The first-order chi connectivity index (χ1) is 14.6. The molecule has 1 aliphatic rings. The van der Waals surface area contributed by atoms with Crippen LogP contribution in [0, 0.1) is 5.92 Å². The molecule has 30 heavy (non-hydrogen) atoms. The van der Waals surface area contributed by atoms with Crippen LogP contribution in [0.5, 0.6) is 0 Å². The fourth-order valence-electron chi connectivity index (χ4n) is 3.27. The lowest BCUT2D eigenvalue weighted by molar-refractivity contribution is -0.115. The van der Waals surface area contributed by atoms with Crippen LogP contribution in [-0.4, -0.2) is 42.6 Å². The highest BCUT2D eigenvalue weighted by molar-refractivity contribution is 7.15. The summed E-state index contributed by atoms with van der Waals surface area (Å²) in [7, 11) is 0. The van der Waals surface area contributed by atoms with E-state index >= 15 is 0 Å². The van der Waals surface area contributed by atoms with Crippen LogP contribution in [0.15, 0.2) is 24.4 Å². The first-order valence-electron chi connectivity index (χ1n) is 9.89. The number of hydrogen-bond acceptors (Lipinski definition) is 10. The highest BCUT2D eigenvalue weighted by atomic mass is 32.1. The minimum Gasteiger partial charge on any atom is -0.374 e. The molecular formula is C19H23N7O2S2. The SMILES string of the molecule is CCC(O)Nc1nnc(C2CC(Cc3nnc(NC(=O)Cc4ccccn4)s3)C2)s1. The summed E-state index contributed by atoms with van der Waals surface area (Å²) in [5.41, 5.74) is 0.722. The third-order valence-electron chi connectivity index (χ3n) is 4.95. The van der Waals surface area contributed by atoms with E-state index in [-0.39, 0.29) is 12.3 Å². The summed E-state index contributed by atoms with van der Waals surface area (Å²) in [6, 6.07) is 5.50. The summed E-state index contributed by atoms with van der Waals surface area (Å²) in [5.74, 6) is 0.794. The molecule has 0 radical (unpaired) electrons. The van der Waals surface area contributed by atoms with Gasteiger partial charge in [0.15, 0.2) is 0 Å². The highest BCUT2D eigenvalue weighted by Gasteiger charge is 2.33. The second-order valence-corrected chi connectivity index (χ2v) is 9.37. The van der Waals surface area contributed by atoms with Gasteiger partial charge in [-0.1, -0.05) is 35.7 Å². The van der Waals surface area contributed by atoms with Crippen molar-refractivity contribution in [2.75, 3.05) is 10.6 Å². The van der Waals surface area contributed by atoms with Crippen LogP contribution in [-0.2, 0) is 17.6 Å². The Morgan fingerprint density at radius 2 is 2.03 bits per heavy atom. The van der Waals surface area contributed by atoms with Crippen LogP contribution in [0.2, 0.25) is 0 Å². The summed E-state index contributed by atoms with van der Waals surface area (Å²) in [5, 5.41) is 35.2. The number of carbonyl (C=O) groups is 1. The maximum atomic E-state index is 12.1. The molecule has 1 atom stereocenters. The minimum atomic E-state index is -0.587. The number of aliphatic hydroxyl groups excluding tert-OH is 1. The van der Waals surface area contributed by atoms with Crippen molar-refractivity contribution in [2.24, 2.45) is 5.92 Å². The lowest BCUT2D eigenvalue weighted by Gasteiger charge is -2.32. The number of pyridine rings is 1. The van der Waals surface area contributed by atoms with E-state index in [1.54, 1.807) is 6.20 Å². The van der Waals surface area contributed by atoms with Crippen LogP contribution in [0.4, 0.5) is 10.3 Å². The van der Waals surface area contributed by atoms with Crippen LogP contribution >= 0.6 is 22.7 Å². The molecule has 0 aromatic carbocycles. The summed E-state index contributed by atoms with van der Waals surface area (Å²) in [6.07, 6.45) is 4.84. The van der Waals surface area contributed by atoms with Gasteiger partial charge >= 0.3 is 0 Å². The van der Waals surface area contributed by atoms with Crippen molar-refractivity contribution in [3.8, 4) is 0 Å². The second-order valence-electron chi connectivity index (χ2n) is 7.30. The average molecular weight is 446 g/mol. The van der Waals surface area contributed by atoms with E-state index in [9.17, 15) is 9.90 Å². The molecule has 3 aromatic rings. The molecule has 3 aromatic heterocycles. The molecule has 1 amide bonds. The van der Waals surface area contributed by atoms with E-state index in [0.717, 1.165) is 35.0 Å². The molecule has 3 heterocycles. The van der Waals surface area contributed by atoms with E-state index in [1.807, 2.05) is 25.1 Å². The Labute approximate surface area is 182 Å². The van der Waals surface area contributed by atoms with E-state index in [1.165, 1.54) is 22.7 Å². The van der Waals surface area contributed by atoms with Gasteiger partial charge in [-0.25, -0.2) is 0 Å². The van der Waals surface area contributed by atoms with Crippen molar-refractivity contribution in [1.29, 1.82) is 0 Å². The van der Waals surface area contributed by atoms with Gasteiger partial charge in [0.25, 0.3) is 0 Å². The average Bonchev–Trinajstić information content (AvgIpc) is 3.34. The molecule has 11 heteroatoms. The third-order valence-corrected chi connectivity index (χ3v) is 6.82. The number of amides is 1. The molecule has 158 valence electrons. The number of carbonyl (C=O) groups excluding carboxylic acids is 1. The normalized spacial score (nSPS) is 19.1. The summed E-state index contributed by atoms with van der Waals surface area (Å²) >= 11 is 2.93. The molecule has 9 nitrogen and oxygen atoms in total. The van der Waals surface area contributed by atoms with Crippen LogP contribution < -0.4 is 10.6 Å². The number of rotatable bonds is 9. The van der Waals surface area contributed by atoms with Crippen molar-refractivity contribution < 1.29 is 9.90 Å². The van der Waals surface area contributed by atoms with Gasteiger partial charge in [0.05, 0.1) is 6.42 Å². The van der Waals surface area contributed by atoms with Gasteiger partial charge in [0, 0.05) is 24.2 Å². The lowest BCUT2D eigenvalue weighted by Crippen LogP contribution is -2.23. The number of aliphatic hydroxyl groups is 1. The quantitative estimate of drug-likeness (QED) is 0.429. The molecular weight excluding hydrogens is 422 g/mol. The molecule has 1 fully saturated rings. The molecule has 0 aliphatic heterocycles. The van der Waals surface area contributed by atoms with Gasteiger partial charge < -0.3 is 15.7 Å². The van der Waals surface area contributed by atoms with Gasteiger partial charge in [0.2, 0.25) is 16.2 Å². The molecule has 0 spiro atoms. The minimum absolute atomic E-state index is 0.144. The molecule has 0 bridgehead atoms. The van der Waals surface area contributed by atoms with Gasteiger partial charge in [0.1, 0.15) is 16.2 Å². The molecule has 4 rings (SSSR count). The number of nitrogens with one attached hydrogen (secondary N) is 2. The van der Waals surface area contributed by atoms with Crippen molar-refractivity contribution in [1.82, 2.24) is 25.4 Å². The molecule has 0 saturated heterocycles. The Kier molecular flexibility index (Phi) is 6.60. The zero-order valence-corrected chi connectivity index (χ0v) is 18.1. The smallest absolute Gasteiger partial charge is 0.232 e. The molecule has 1 aliphatic carbocycles. The monoisotopic (exact) mass is 445 g/mol. The summed E-state index contributed by atoms with van der Waals surface area (Å²) in [6.45, 7) is 1.90. The predicted molar refractivity (Wildman–Crippen MR) is 115 cm³/mol. The largest absolute Gasteiger partial charge is 0.374 e. The fraction of sp³-hybridized carbons (Fsp3) is 0.474. The van der Waals surface area contributed by atoms with Crippen molar-refractivity contribution in [2.45, 2.75) is 51.2 Å². The van der Waals surface area contributed by atoms with E-state index in [4.69, 9.17) is 0 Å². The topological polar surface area (TPSA) is 126 Å². The standard InChI is InChI=1S/C19H23N7O2S2/c1-2-14(27)21-19-26-24-17(30-19)12-7-11(8-12)9-16-23-25-18(29-16)22-15(28)10-13-5-3-4-6-20-13/h3-6,11-12,14,27H,2,7-10H2,1H3,(H,21,26)(H,22,25,28). The van der Waals surface area contributed by atoms with E-state index in [2.05, 4.69) is 36.0 Å². The molecule has 1 unspecified atom stereocenters. The first-order valence-corrected chi connectivity index (χ1v) is 11.5. The number of hydrogen-bond donors (Lipinski definition) is 3. The zero-order valence-electron chi connectivity index (χ0n) is 16.5. The summed E-state index contributed by atoms with van der Waals surface area (Å²) in [4.78, 5) is 16.3. The van der Waals surface area contributed by atoms with Crippen molar-refractivity contribution >= 4 is 38.8 Å². The van der Waals surface area contributed by atoms with E-state index in [0.29, 0.717) is 28.5 Å². The van der Waals surface area contributed by atoms with Crippen molar-refractivity contribution in [3.63, 3.8) is 0 Å². The predicted octanol–water partition coefficient (Wildman–Crippen LogP) is 2.84. The number of aromatic nitrogens is 5. The Hall–Kier alpha value is -2.50. The molecule has 3 N–H and O–H groups in total. The van der Waals surface area contributed by atoms with Gasteiger partial charge in [-0.15, -0.1) is 20.4 Å². The van der Waals surface area contributed by atoms with Crippen LogP contribution in [0.1, 0.15) is 47.8 Å². The van der Waals surface area contributed by atoms with Crippen LogP contribution in [0.3, 0.4) is 0 Å². The lowest BCUT2D eigenvalue weighted by atomic mass is 9.74. The number of anilines is 2. The number of nitrogens with zero attached hydrogens (tertiary/aromatic N) is 5. The van der Waals surface area contributed by atoms with E-state index < -0.39 is 6.23 Å². The first kappa shape index (κ1) is 20.8. The summed E-state index contributed by atoms with van der Waals surface area (Å²) < 4.78 is 0. The third kappa shape index (κ3) is 5.35. The highest BCUT2D eigenvalue weighted by Crippen LogP contribution is 2.45. The Bertz CT molecular complexity index is 972. The van der Waals surface area contributed by atoms with Gasteiger partial charge in [-0.05, 0) is 37.3 Å². The maximum absolute atomic E-state index is 12.1. The molecule has 1 saturated carbocycles. The van der Waals surface area contributed by atoms with Crippen molar-refractivity contribution in [3.05, 3.63) is 40.1 Å². The van der Waals surface area contributed by atoms with Crippen LogP contribution in [0.25, 0.3) is 0 Å². The van der Waals surface area contributed by atoms with Gasteiger partial charge in [-0.2, -0.15) is 0 Å². The Balaban J connectivity index is 1.22. The fourth-order valence-corrected chi connectivity index (χ4v) is 5.06.